The van der Waals surface area contributed by atoms with Gasteiger partial charge in [0.25, 0.3) is 5.56 Å². The van der Waals surface area contributed by atoms with Gasteiger partial charge < -0.3 is 19.4 Å². The van der Waals surface area contributed by atoms with Gasteiger partial charge in [0.2, 0.25) is 10.0 Å². The van der Waals surface area contributed by atoms with E-state index in [1.807, 2.05) is 25.1 Å². The van der Waals surface area contributed by atoms with Crippen molar-refractivity contribution in [2.45, 2.75) is 31.7 Å². The summed E-state index contributed by atoms with van der Waals surface area (Å²) in [6.45, 7) is 8.05. The topological polar surface area (TPSA) is 136 Å². The first-order valence-corrected chi connectivity index (χ1v) is 15.2. The number of likely N-dealkylation sites (N-methyl/N-ethyl adjacent to an activating group) is 1. The van der Waals surface area contributed by atoms with Crippen molar-refractivity contribution in [3.63, 3.8) is 0 Å². The molecule has 218 valence electrons. The van der Waals surface area contributed by atoms with Crippen molar-refractivity contribution < 1.29 is 17.9 Å². The number of H-pyrrole nitrogens is 1. The number of benzene rings is 1. The Kier molecular flexibility index (Phi) is 8.78. The number of methoxy groups -OCH3 is 1. The molecule has 1 saturated heterocycles. The summed E-state index contributed by atoms with van der Waals surface area (Å²) >= 11 is 0. The number of nitrogens with zero attached hydrogens (tertiary/aromatic N) is 6. The number of nitrogens with one attached hydrogen (secondary N) is 1. The molecule has 1 fully saturated rings. The molecule has 0 spiro atoms. The smallest absolute Gasteiger partial charge is 0.279 e. The molecule has 0 radical (unpaired) electrons. The van der Waals surface area contributed by atoms with Crippen LogP contribution in [-0.2, 0) is 27.7 Å². The van der Waals surface area contributed by atoms with E-state index < -0.39 is 15.6 Å². The number of hydrogen-bond acceptors (Lipinski definition) is 9. The van der Waals surface area contributed by atoms with Crippen molar-refractivity contribution in [3.05, 3.63) is 64.3 Å². The molecular weight excluding hydrogens is 546 g/mol. The van der Waals surface area contributed by atoms with Crippen LogP contribution in [-0.4, -0.2) is 95.4 Å². The number of aromatic amines is 1. The Morgan fingerprint density at radius 2 is 1.83 bits per heavy atom. The summed E-state index contributed by atoms with van der Waals surface area (Å²) in [6.07, 6.45) is 2.29. The predicted molar refractivity (Wildman–Crippen MR) is 155 cm³/mol. The molecule has 0 saturated carbocycles. The third-order valence-electron chi connectivity index (χ3n) is 7.24. The molecule has 0 atom stereocenters. The van der Waals surface area contributed by atoms with Gasteiger partial charge in [0, 0.05) is 39.5 Å². The van der Waals surface area contributed by atoms with Crippen molar-refractivity contribution in [1.29, 1.82) is 0 Å². The monoisotopic (exact) mass is 581 g/mol. The molecular formula is C28H35N7O5S. The molecule has 4 aromatic rings. The lowest BCUT2D eigenvalue weighted by Crippen LogP contribution is -2.48. The molecule has 0 aliphatic carbocycles. The molecule has 4 heterocycles. The highest BCUT2D eigenvalue weighted by molar-refractivity contribution is 7.89. The van der Waals surface area contributed by atoms with E-state index in [1.54, 1.807) is 24.1 Å². The van der Waals surface area contributed by atoms with E-state index in [0.717, 1.165) is 17.9 Å². The Morgan fingerprint density at radius 3 is 2.51 bits per heavy atom. The third kappa shape index (κ3) is 6.03. The van der Waals surface area contributed by atoms with Crippen molar-refractivity contribution in [3.8, 4) is 17.1 Å². The lowest BCUT2D eigenvalue weighted by molar-refractivity contribution is 0.146. The van der Waals surface area contributed by atoms with Crippen LogP contribution in [0.5, 0.6) is 5.75 Å². The predicted octanol–water partition coefficient (Wildman–Crippen LogP) is 2.14. The number of aryl methyl sites for hydroxylation is 1. The highest BCUT2D eigenvalue weighted by Gasteiger charge is 2.29. The molecule has 1 N–H and O–H groups in total. The zero-order valence-corrected chi connectivity index (χ0v) is 24.4. The number of pyridine rings is 1. The first kappa shape index (κ1) is 28.9. The molecule has 0 amide bonds. The largest absolute Gasteiger partial charge is 0.490 e. The van der Waals surface area contributed by atoms with Crippen molar-refractivity contribution in [2.24, 2.45) is 0 Å². The van der Waals surface area contributed by atoms with Crippen LogP contribution in [0.25, 0.3) is 22.4 Å². The van der Waals surface area contributed by atoms with Crippen LogP contribution in [0, 0.1) is 0 Å². The third-order valence-corrected chi connectivity index (χ3v) is 9.14. The maximum absolute atomic E-state index is 13.6. The van der Waals surface area contributed by atoms with Crippen LogP contribution in [0.1, 0.15) is 25.2 Å². The van der Waals surface area contributed by atoms with E-state index in [2.05, 4.69) is 26.9 Å². The Balaban J connectivity index is 1.58. The minimum atomic E-state index is -3.78. The van der Waals surface area contributed by atoms with Crippen molar-refractivity contribution in [1.82, 2.24) is 33.9 Å². The van der Waals surface area contributed by atoms with Crippen LogP contribution in [0.2, 0.25) is 0 Å². The van der Waals surface area contributed by atoms with Crippen molar-refractivity contribution in [2.75, 3.05) is 53.0 Å². The Bertz CT molecular complexity index is 1660. The van der Waals surface area contributed by atoms with E-state index in [4.69, 9.17) is 14.5 Å². The number of sulfonamides is 1. The van der Waals surface area contributed by atoms with Gasteiger partial charge in [-0.3, -0.25) is 14.5 Å². The second kappa shape index (κ2) is 12.5. The van der Waals surface area contributed by atoms with Crippen LogP contribution in [0.3, 0.4) is 0 Å². The average Bonchev–Trinajstić information content (AvgIpc) is 3.35. The van der Waals surface area contributed by atoms with Gasteiger partial charge in [-0.15, -0.1) is 0 Å². The van der Waals surface area contributed by atoms with Gasteiger partial charge in [0.05, 0.1) is 35.0 Å². The van der Waals surface area contributed by atoms with E-state index in [-0.39, 0.29) is 22.8 Å². The molecule has 3 aromatic heterocycles. The molecule has 1 aromatic carbocycles. The molecule has 13 heteroatoms. The Morgan fingerprint density at radius 1 is 1.02 bits per heavy atom. The van der Waals surface area contributed by atoms with Gasteiger partial charge in [0.1, 0.15) is 23.7 Å². The first-order valence-electron chi connectivity index (χ1n) is 13.7. The Hall–Kier alpha value is -3.65. The summed E-state index contributed by atoms with van der Waals surface area (Å²) in [7, 11) is -2.21. The maximum atomic E-state index is 13.6. The fourth-order valence-electron chi connectivity index (χ4n) is 4.97. The summed E-state index contributed by atoms with van der Waals surface area (Å²) in [6, 6.07) is 10.3. The molecule has 0 unspecified atom stereocenters. The minimum absolute atomic E-state index is 0.112. The second-order valence-electron chi connectivity index (χ2n) is 9.73. The summed E-state index contributed by atoms with van der Waals surface area (Å²) in [5, 5.41) is 4.54. The van der Waals surface area contributed by atoms with E-state index in [1.165, 1.54) is 16.4 Å². The summed E-state index contributed by atoms with van der Waals surface area (Å²) < 4.78 is 41.6. The second-order valence-corrected chi connectivity index (χ2v) is 11.7. The molecule has 1 aliphatic heterocycles. The van der Waals surface area contributed by atoms with Crippen LogP contribution in [0.4, 0.5) is 0 Å². The Labute approximate surface area is 239 Å². The van der Waals surface area contributed by atoms with Crippen LogP contribution < -0.4 is 10.3 Å². The van der Waals surface area contributed by atoms with Gasteiger partial charge in [-0.05, 0) is 43.3 Å². The number of ether oxygens (including phenoxy) is 2. The number of rotatable bonds is 11. The van der Waals surface area contributed by atoms with Crippen LogP contribution in [0.15, 0.2) is 52.3 Å². The molecule has 41 heavy (non-hydrogen) atoms. The van der Waals surface area contributed by atoms with Gasteiger partial charge in [-0.2, -0.15) is 9.40 Å². The summed E-state index contributed by atoms with van der Waals surface area (Å²) in [5.41, 5.74) is 2.18. The molecule has 0 bridgehead atoms. The lowest BCUT2D eigenvalue weighted by Gasteiger charge is -2.33. The average molecular weight is 582 g/mol. The zero-order chi connectivity index (χ0) is 29.0. The summed E-state index contributed by atoms with van der Waals surface area (Å²) in [5.74, 6) is 0.591. The van der Waals surface area contributed by atoms with Gasteiger partial charge >= 0.3 is 0 Å². The van der Waals surface area contributed by atoms with Crippen LogP contribution >= 0.6 is 0 Å². The summed E-state index contributed by atoms with van der Waals surface area (Å²) in [4.78, 5) is 27.6. The van der Waals surface area contributed by atoms with Gasteiger partial charge in [0.15, 0.2) is 5.52 Å². The number of hydrogen-bond donors (Lipinski definition) is 1. The zero-order valence-electron chi connectivity index (χ0n) is 23.5. The number of fused-ring (bicyclic) bond motifs is 1. The quantitative estimate of drug-likeness (QED) is 0.264. The van der Waals surface area contributed by atoms with Crippen molar-refractivity contribution >= 4 is 21.1 Å². The molecule has 5 rings (SSSR count). The van der Waals surface area contributed by atoms with Gasteiger partial charge in [-0.1, -0.05) is 19.9 Å². The molecule has 1 aliphatic rings. The normalized spacial score (nSPS) is 15.0. The lowest BCUT2D eigenvalue weighted by atomic mass is 10.1. The van der Waals surface area contributed by atoms with Gasteiger partial charge in [-0.25, -0.2) is 13.4 Å². The number of piperazine rings is 1. The fourth-order valence-corrected chi connectivity index (χ4v) is 6.42. The minimum Gasteiger partial charge on any atom is -0.490 e. The standard InChI is InChI=1S/C28H35N7O5S/c1-4-23-25-26(32-35(23)19-20-8-6-7-11-29-20)28(36)31-27(30-25)22-18-21(9-10-24(22)40-17-16-39-3)41(37,38)34-14-12-33(5-2)13-15-34/h6-11,18H,4-5,12-17,19H2,1-3H3,(H,30,31,36). The highest BCUT2D eigenvalue weighted by Crippen LogP contribution is 2.32. The van der Waals surface area contributed by atoms with E-state index in [9.17, 15) is 13.2 Å². The fraction of sp³-hybridized carbons (Fsp3) is 0.429. The van der Waals surface area contributed by atoms with E-state index >= 15 is 0 Å². The molecule has 12 nitrogen and oxygen atoms in total. The van der Waals surface area contributed by atoms with E-state index in [0.29, 0.717) is 62.6 Å². The maximum Gasteiger partial charge on any atom is 0.279 e. The first-order chi connectivity index (χ1) is 19.8. The highest BCUT2D eigenvalue weighted by atomic mass is 32.2. The number of aromatic nitrogens is 5. The SMILES string of the molecule is CCc1c2nc(-c3cc(S(=O)(=O)N4CCN(CC)CC4)ccc3OCCOC)[nH]c(=O)c2nn1Cc1ccccn1.